The zero-order valence-electron chi connectivity index (χ0n) is 29.4. The van der Waals surface area contributed by atoms with Gasteiger partial charge in [-0.1, -0.05) is 70.2 Å². The number of morpholine rings is 1. The van der Waals surface area contributed by atoms with Gasteiger partial charge in [0.2, 0.25) is 11.7 Å². The van der Waals surface area contributed by atoms with Gasteiger partial charge in [0.1, 0.15) is 25.0 Å². The fourth-order valence-corrected chi connectivity index (χ4v) is 5.14. The molecule has 3 amide bonds. The first-order chi connectivity index (χ1) is 23.8. The Morgan fingerprint density at radius 2 is 1.54 bits per heavy atom. The third kappa shape index (κ3) is 12.6. The summed E-state index contributed by atoms with van der Waals surface area (Å²) in [6.07, 6.45) is -1.27. The summed E-state index contributed by atoms with van der Waals surface area (Å²) < 4.78 is 52.7. The largest absolute Gasteiger partial charge is 0.492 e. The van der Waals surface area contributed by atoms with Gasteiger partial charge < -0.3 is 34.9 Å². The van der Waals surface area contributed by atoms with Gasteiger partial charge in [-0.05, 0) is 35.1 Å². The third-order valence-electron chi connectivity index (χ3n) is 8.27. The van der Waals surface area contributed by atoms with Crippen LogP contribution in [0.15, 0.2) is 54.6 Å². The van der Waals surface area contributed by atoms with Gasteiger partial charge in [-0.15, -0.1) is 0 Å². The summed E-state index contributed by atoms with van der Waals surface area (Å²) in [6, 6.07) is 11.5. The minimum Gasteiger partial charge on any atom is -0.492 e. The molecule has 3 atom stereocenters. The van der Waals surface area contributed by atoms with Crippen LogP contribution in [0, 0.1) is 11.8 Å². The first kappa shape index (κ1) is 40.3. The molecule has 12 nitrogen and oxygen atoms in total. The number of hydrogen-bond donors (Lipinski definition) is 3. The number of nitrogens with zero attached hydrogens (tertiary/aromatic N) is 1. The second-order valence-electron chi connectivity index (χ2n) is 12.9. The molecular formula is C36H50F2N4O8. The maximum atomic E-state index is 15.6. The van der Waals surface area contributed by atoms with Crippen molar-refractivity contribution in [1.82, 2.24) is 20.9 Å². The van der Waals surface area contributed by atoms with Gasteiger partial charge in [-0.3, -0.25) is 19.3 Å². The summed E-state index contributed by atoms with van der Waals surface area (Å²) in [6.45, 7) is 10.7. The van der Waals surface area contributed by atoms with E-state index in [-0.39, 0.29) is 25.6 Å². The molecule has 50 heavy (non-hydrogen) atoms. The second-order valence-corrected chi connectivity index (χ2v) is 12.9. The van der Waals surface area contributed by atoms with Crippen LogP contribution in [0.25, 0.3) is 0 Å². The zero-order chi connectivity index (χ0) is 36.7. The number of methoxy groups -OCH3 is 1. The molecular weight excluding hydrogens is 654 g/mol. The molecule has 1 saturated heterocycles. The maximum Gasteiger partial charge on any atom is 0.408 e. The highest BCUT2D eigenvalue weighted by molar-refractivity contribution is 6.10. The van der Waals surface area contributed by atoms with Gasteiger partial charge in [0.25, 0.3) is 5.91 Å². The average molecular weight is 705 g/mol. The van der Waals surface area contributed by atoms with Crippen molar-refractivity contribution in [3.8, 4) is 5.75 Å². The first-order valence-corrected chi connectivity index (χ1v) is 16.8. The lowest BCUT2D eigenvalue weighted by Gasteiger charge is -2.28. The van der Waals surface area contributed by atoms with Gasteiger partial charge in [0.15, 0.2) is 0 Å². The lowest BCUT2D eigenvalue weighted by atomic mass is 9.96. The van der Waals surface area contributed by atoms with Crippen LogP contribution in [0.2, 0.25) is 0 Å². The van der Waals surface area contributed by atoms with E-state index in [9.17, 15) is 19.2 Å². The Hall–Kier alpha value is -4.14. The Labute approximate surface area is 292 Å². The SMILES string of the molecule is COC[C@H](NC(=O)C(F)(F)C(=O)C(Cc1ccc(OCCN2CCOCC2)cc1)NC(=O)[C@@H](NC(=O)OCc1ccccc1)C(C)C)C(C)C. The van der Waals surface area contributed by atoms with Crippen molar-refractivity contribution >= 4 is 23.7 Å². The molecule has 0 spiro atoms. The van der Waals surface area contributed by atoms with Gasteiger partial charge in [-0.2, -0.15) is 8.78 Å². The van der Waals surface area contributed by atoms with E-state index in [2.05, 4.69) is 20.9 Å². The molecule has 0 saturated carbocycles. The van der Waals surface area contributed by atoms with Crippen molar-refractivity contribution < 1.29 is 46.9 Å². The summed E-state index contributed by atoms with van der Waals surface area (Å²) in [5.41, 5.74) is 1.15. The predicted octanol–water partition coefficient (Wildman–Crippen LogP) is 3.37. The van der Waals surface area contributed by atoms with Crippen molar-refractivity contribution in [2.24, 2.45) is 11.8 Å². The van der Waals surface area contributed by atoms with Gasteiger partial charge in [0, 0.05) is 33.2 Å². The number of hydrogen-bond acceptors (Lipinski definition) is 9. The molecule has 1 aliphatic heterocycles. The molecule has 1 unspecified atom stereocenters. The molecule has 1 aliphatic rings. The number of rotatable bonds is 19. The summed E-state index contributed by atoms with van der Waals surface area (Å²) in [7, 11) is 1.37. The molecule has 14 heteroatoms. The number of halogens is 2. The molecule has 1 fully saturated rings. The first-order valence-electron chi connectivity index (χ1n) is 16.8. The van der Waals surface area contributed by atoms with E-state index in [1.807, 2.05) is 6.07 Å². The van der Waals surface area contributed by atoms with E-state index in [4.69, 9.17) is 18.9 Å². The van der Waals surface area contributed by atoms with Crippen molar-refractivity contribution in [1.29, 1.82) is 0 Å². The fourth-order valence-electron chi connectivity index (χ4n) is 5.14. The molecule has 3 rings (SSSR count). The summed E-state index contributed by atoms with van der Waals surface area (Å²) in [5.74, 6) is -9.25. The van der Waals surface area contributed by atoms with E-state index >= 15 is 8.78 Å². The van der Waals surface area contributed by atoms with E-state index in [0.29, 0.717) is 37.7 Å². The molecule has 0 bridgehead atoms. The van der Waals surface area contributed by atoms with Crippen molar-refractivity contribution in [2.75, 3.05) is 53.2 Å². The highest BCUT2D eigenvalue weighted by atomic mass is 19.3. The van der Waals surface area contributed by atoms with Crippen LogP contribution in [0.1, 0.15) is 38.8 Å². The monoisotopic (exact) mass is 704 g/mol. The van der Waals surface area contributed by atoms with Gasteiger partial charge in [0.05, 0.1) is 31.9 Å². The smallest absolute Gasteiger partial charge is 0.408 e. The summed E-state index contributed by atoms with van der Waals surface area (Å²) >= 11 is 0. The van der Waals surface area contributed by atoms with Crippen LogP contribution < -0.4 is 20.7 Å². The van der Waals surface area contributed by atoms with Crippen LogP contribution in [-0.4, -0.2) is 106 Å². The average Bonchev–Trinajstić information content (AvgIpc) is 3.10. The summed E-state index contributed by atoms with van der Waals surface area (Å²) in [4.78, 5) is 54.7. The van der Waals surface area contributed by atoms with E-state index in [1.165, 1.54) is 7.11 Å². The third-order valence-corrected chi connectivity index (χ3v) is 8.27. The quantitative estimate of drug-likeness (QED) is 0.188. The highest BCUT2D eigenvalue weighted by Gasteiger charge is 2.51. The minimum absolute atomic E-state index is 0.0448. The normalized spacial score (nSPS) is 15.5. The van der Waals surface area contributed by atoms with E-state index in [0.717, 1.165) is 18.7 Å². The van der Waals surface area contributed by atoms with Gasteiger partial charge >= 0.3 is 12.0 Å². The maximum absolute atomic E-state index is 15.6. The van der Waals surface area contributed by atoms with E-state index in [1.54, 1.807) is 76.2 Å². The number of Topliss-reactive ketones (excluding diaryl/α,β-unsaturated/α-hetero) is 1. The molecule has 0 radical (unpaired) electrons. The molecule has 2 aromatic rings. The second kappa shape index (κ2) is 19.9. The number of benzene rings is 2. The van der Waals surface area contributed by atoms with Crippen LogP contribution in [0.4, 0.5) is 13.6 Å². The van der Waals surface area contributed by atoms with Crippen molar-refractivity contribution in [3.05, 3.63) is 65.7 Å². The number of amides is 3. The topological polar surface area (TPSA) is 145 Å². The molecule has 3 N–H and O–H groups in total. The molecule has 276 valence electrons. The molecule has 0 aromatic heterocycles. The lowest BCUT2D eigenvalue weighted by molar-refractivity contribution is -0.161. The number of carbonyl (C=O) groups excluding carboxylic acids is 4. The Balaban J connectivity index is 1.76. The summed E-state index contributed by atoms with van der Waals surface area (Å²) in [5, 5.41) is 7.06. The van der Waals surface area contributed by atoms with Crippen LogP contribution in [0.5, 0.6) is 5.75 Å². The Morgan fingerprint density at radius 1 is 0.880 bits per heavy atom. The fraction of sp³-hybridized carbons (Fsp3) is 0.556. The Bertz CT molecular complexity index is 1370. The Morgan fingerprint density at radius 3 is 2.14 bits per heavy atom. The molecule has 0 aliphatic carbocycles. The van der Waals surface area contributed by atoms with Crippen molar-refractivity contribution in [2.45, 2.75) is 64.8 Å². The van der Waals surface area contributed by atoms with Crippen molar-refractivity contribution in [3.63, 3.8) is 0 Å². The number of alkyl halides is 2. The lowest BCUT2D eigenvalue weighted by Crippen LogP contribution is -2.60. The van der Waals surface area contributed by atoms with Crippen LogP contribution in [0.3, 0.4) is 0 Å². The number of alkyl carbamates (subject to hydrolysis) is 1. The van der Waals surface area contributed by atoms with Crippen LogP contribution in [-0.2, 0) is 41.6 Å². The standard InChI is InChI=1S/C36H50F2N4O8/c1-24(2)30(23-47-5)40-34(45)36(37,38)32(43)29(21-26-11-13-28(14-12-26)49-20-17-42-15-18-48-19-16-42)39-33(44)31(25(3)4)41-35(46)50-22-27-9-7-6-8-10-27/h6-14,24-25,29-31H,15-23H2,1-5H3,(H,39,44)(H,40,45)(H,41,46)/t29?,30-,31-/m0/s1. The highest BCUT2D eigenvalue weighted by Crippen LogP contribution is 2.22. The Kier molecular flexibility index (Phi) is 16.0. The number of ether oxygens (including phenoxy) is 4. The predicted molar refractivity (Wildman–Crippen MR) is 182 cm³/mol. The number of ketones is 1. The molecule has 1 heterocycles. The van der Waals surface area contributed by atoms with Gasteiger partial charge in [-0.25, -0.2) is 4.79 Å². The number of carbonyl (C=O) groups is 4. The van der Waals surface area contributed by atoms with E-state index < -0.39 is 53.7 Å². The number of nitrogens with one attached hydrogen (secondary N) is 3. The minimum atomic E-state index is -4.50. The zero-order valence-corrected chi connectivity index (χ0v) is 29.4. The van der Waals surface area contributed by atoms with Crippen LogP contribution >= 0.6 is 0 Å². The molecule has 2 aromatic carbocycles.